The molecule has 0 saturated carbocycles. The zero-order valence-corrected chi connectivity index (χ0v) is 16.5. The fraction of sp³-hybridized carbons (Fsp3) is 0.556. The van der Waals surface area contributed by atoms with Crippen LogP contribution in [0.3, 0.4) is 0 Å². The molecule has 0 aliphatic rings. The fourth-order valence-corrected chi connectivity index (χ4v) is 2.58. The minimum absolute atomic E-state index is 0.0836. The molecule has 0 spiro atoms. The van der Waals surface area contributed by atoms with Crippen LogP contribution >= 0.6 is 0 Å². The van der Waals surface area contributed by atoms with E-state index >= 15 is 0 Å². The molecule has 4 nitrogen and oxygen atoms in total. The van der Waals surface area contributed by atoms with Crippen LogP contribution < -0.4 is 0 Å². The number of hydrogen-bond donors (Lipinski definition) is 0. The van der Waals surface area contributed by atoms with E-state index in [1.165, 1.54) is 0 Å². The summed E-state index contributed by atoms with van der Waals surface area (Å²) in [5, 5.41) is 0.142. The van der Waals surface area contributed by atoms with E-state index in [-0.39, 0.29) is 10.8 Å². The smallest absolute Gasteiger partial charge is 0.205 e. The van der Waals surface area contributed by atoms with Crippen molar-refractivity contribution in [1.29, 1.82) is 0 Å². The van der Waals surface area contributed by atoms with E-state index in [0.29, 0.717) is 12.3 Å². The molecule has 1 aromatic rings. The van der Waals surface area contributed by atoms with Crippen molar-refractivity contribution in [2.24, 2.45) is 0 Å². The number of ketones is 1. The number of allylic oxidation sites excluding steroid dienone is 1. The molecule has 0 atom stereocenters. The van der Waals surface area contributed by atoms with Crippen LogP contribution in [0.15, 0.2) is 30.6 Å². The topological polar surface area (TPSA) is 42.4 Å². The van der Waals surface area contributed by atoms with Crippen LogP contribution in [0.5, 0.6) is 0 Å². The standard InChI is InChI=1S/C18H30N2O2Si/c1-8-20(5)13-11-16(21)17-15(10-9-12-19-17)14-22-23(6,7)18(2,3)4/h9-13H,8,14H2,1-7H3/b13-11+. The van der Waals surface area contributed by atoms with E-state index in [4.69, 9.17) is 4.43 Å². The number of pyridine rings is 1. The van der Waals surface area contributed by atoms with Crippen molar-refractivity contribution in [3.05, 3.63) is 41.9 Å². The lowest BCUT2D eigenvalue weighted by Crippen LogP contribution is -2.40. The van der Waals surface area contributed by atoms with Gasteiger partial charge in [-0.3, -0.25) is 9.78 Å². The van der Waals surface area contributed by atoms with Crippen molar-refractivity contribution < 1.29 is 9.22 Å². The maximum absolute atomic E-state index is 12.4. The Morgan fingerprint density at radius 3 is 2.61 bits per heavy atom. The first-order chi connectivity index (χ1) is 10.6. The van der Waals surface area contributed by atoms with Crippen LogP contribution in [0, 0.1) is 0 Å². The van der Waals surface area contributed by atoms with Gasteiger partial charge in [-0.1, -0.05) is 26.8 Å². The number of carbonyl (C=O) groups is 1. The summed E-state index contributed by atoms with van der Waals surface area (Å²) >= 11 is 0. The van der Waals surface area contributed by atoms with Gasteiger partial charge in [0.15, 0.2) is 8.32 Å². The van der Waals surface area contributed by atoms with Gasteiger partial charge in [0.05, 0.1) is 6.61 Å². The highest BCUT2D eigenvalue weighted by Gasteiger charge is 2.37. The molecular formula is C18H30N2O2Si. The minimum Gasteiger partial charge on any atom is -0.412 e. The quantitative estimate of drug-likeness (QED) is 0.425. The molecule has 5 heteroatoms. The van der Waals surface area contributed by atoms with E-state index in [9.17, 15) is 4.79 Å². The van der Waals surface area contributed by atoms with Crippen molar-refractivity contribution >= 4 is 14.1 Å². The lowest BCUT2D eigenvalue weighted by Gasteiger charge is -2.36. The lowest BCUT2D eigenvalue weighted by molar-refractivity contribution is 0.103. The second-order valence-electron chi connectivity index (χ2n) is 7.31. The Morgan fingerprint density at radius 1 is 1.39 bits per heavy atom. The Kier molecular flexibility index (Phi) is 6.71. The zero-order valence-electron chi connectivity index (χ0n) is 15.5. The second kappa shape index (κ2) is 7.88. The molecule has 0 unspecified atom stereocenters. The van der Waals surface area contributed by atoms with Crippen LogP contribution in [0.2, 0.25) is 18.1 Å². The molecule has 128 valence electrons. The van der Waals surface area contributed by atoms with Gasteiger partial charge in [-0.25, -0.2) is 0 Å². The number of hydrogen-bond acceptors (Lipinski definition) is 4. The maximum Gasteiger partial charge on any atom is 0.205 e. The number of rotatable bonds is 7. The summed E-state index contributed by atoms with van der Waals surface area (Å²) in [4.78, 5) is 18.6. The molecule has 1 rings (SSSR count). The molecular weight excluding hydrogens is 304 g/mol. The van der Waals surface area contributed by atoms with Crippen LogP contribution in [0.25, 0.3) is 0 Å². The van der Waals surface area contributed by atoms with Crippen molar-refractivity contribution in [2.45, 2.75) is 52.4 Å². The van der Waals surface area contributed by atoms with E-state index in [1.54, 1.807) is 18.5 Å². The predicted octanol–water partition coefficient (Wildman–Crippen LogP) is 4.25. The molecule has 0 aliphatic heterocycles. The molecule has 0 aromatic carbocycles. The molecule has 0 saturated heterocycles. The fourth-order valence-electron chi connectivity index (χ4n) is 1.63. The number of nitrogens with zero attached hydrogens (tertiary/aromatic N) is 2. The zero-order chi connectivity index (χ0) is 17.7. The lowest BCUT2D eigenvalue weighted by atomic mass is 10.1. The van der Waals surface area contributed by atoms with Gasteiger partial charge < -0.3 is 9.33 Å². The Hall–Kier alpha value is -1.46. The van der Waals surface area contributed by atoms with Crippen LogP contribution in [0.4, 0.5) is 0 Å². The molecule has 23 heavy (non-hydrogen) atoms. The molecule has 0 amide bonds. The third-order valence-corrected chi connectivity index (χ3v) is 8.98. The third-order valence-electron chi connectivity index (χ3n) is 4.50. The first-order valence-electron chi connectivity index (χ1n) is 8.09. The largest absolute Gasteiger partial charge is 0.412 e. The highest BCUT2D eigenvalue weighted by molar-refractivity contribution is 6.74. The van der Waals surface area contributed by atoms with Crippen molar-refractivity contribution in [3.63, 3.8) is 0 Å². The summed E-state index contributed by atoms with van der Waals surface area (Å²) in [7, 11) is 0.0813. The van der Waals surface area contributed by atoms with Crippen LogP contribution in [-0.4, -0.2) is 37.6 Å². The predicted molar refractivity (Wildman–Crippen MR) is 98.0 cm³/mol. The monoisotopic (exact) mass is 334 g/mol. The van der Waals surface area contributed by atoms with Gasteiger partial charge >= 0.3 is 0 Å². The normalized spacial score (nSPS) is 12.7. The first-order valence-corrected chi connectivity index (χ1v) is 11.0. The first kappa shape index (κ1) is 19.6. The molecule has 0 bridgehead atoms. The average molecular weight is 335 g/mol. The van der Waals surface area contributed by atoms with Gasteiger partial charge in [0.25, 0.3) is 0 Å². The van der Waals surface area contributed by atoms with E-state index in [2.05, 4.69) is 38.8 Å². The highest BCUT2D eigenvalue weighted by atomic mass is 28.4. The third kappa shape index (κ3) is 5.59. The second-order valence-corrected chi connectivity index (χ2v) is 12.1. The molecule has 1 heterocycles. The van der Waals surface area contributed by atoms with E-state index in [0.717, 1.165) is 12.1 Å². The summed E-state index contributed by atoms with van der Waals surface area (Å²) in [6.07, 6.45) is 5.01. The Balaban J connectivity index is 2.90. The highest BCUT2D eigenvalue weighted by Crippen LogP contribution is 2.37. The van der Waals surface area contributed by atoms with Gasteiger partial charge in [-0.2, -0.15) is 0 Å². The average Bonchev–Trinajstić information content (AvgIpc) is 2.49. The van der Waals surface area contributed by atoms with Gasteiger partial charge in [0.2, 0.25) is 5.78 Å². The summed E-state index contributed by atoms with van der Waals surface area (Å²) in [5.74, 6) is -0.0836. The number of aromatic nitrogens is 1. The van der Waals surface area contributed by atoms with Gasteiger partial charge in [0, 0.05) is 37.6 Å². The van der Waals surface area contributed by atoms with Crippen molar-refractivity contribution in [3.8, 4) is 0 Å². The Morgan fingerprint density at radius 2 is 2.04 bits per heavy atom. The van der Waals surface area contributed by atoms with Gasteiger partial charge in [-0.05, 0) is 31.1 Å². The SMILES string of the molecule is CCN(C)/C=C/C(=O)c1ncccc1CO[Si](C)(C)C(C)(C)C. The van der Waals surface area contributed by atoms with Crippen LogP contribution in [-0.2, 0) is 11.0 Å². The van der Waals surface area contributed by atoms with Gasteiger partial charge in [0.1, 0.15) is 5.69 Å². The molecule has 1 aromatic heterocycles. The molecule has 0 N–H and O–H groups in total. The Bertz CT molecular complexity index is 562. The van der Waals surface area contributed by atoms with Crippen molar-refractivity contribution in [2.75, 3.05) is 13.6 Å². The Labute approximate surface area is 141 Å². The maximum atomic E-state index is 12.4. The summed E-state index contributed by atoms with van der Waals surface area (Å²) < 4.78 is 6.23. The summed E-state index contributed by atoms with van der Waals surface area (Å²) in [6.45, 7) is 14.4. The van der Waals surface area contributed by atoms with E-state index in [1.807, 2.05) is 31.0 Å². The van der Waals surface area contributed by atoms with Gasteiger partial charge in [-0.15, -0.1) is 0 Å². The minimum atomic E-state index is -1.85. The van der Waals surface area contributed by atoms with E-state index < -0.39 is 8.32 Å². The van der Waals surface area contributed by atoms with Crippen molar-refractivity contribution in [1.82, 2.24) is 9.88 Å². The van der Waals surface area contributed by atoms with Crippen LogP contribution in [0.1, 0.15) is 43.7 Å². The molecule has 0 fully saturated rings. The summed E-state index contributed by atoms with van der Waals surface area (Å²) in [5.41, 5.74) is 1.33. The molecule has 0 aliphatic carbocycles. The summed E-state index contributed by atoms with van der Waals surface area (Å²) in [6, 6.07) is 3.77. The number of carbonyl (C=O) groups excluding carboxylic acids is 1. The molecule has 0 radical (unpaired) electrons.